The fourth-order valence-electron chi connectivity index (χ4n) is 2.20. The summed E-state index contributed by atoms with van der Waals surface area (Å²) in [5.41, 5.74) is 3.04. The molecule has 3 aromatic heterocycles. The average molecular weight is 419 g/mol. The van der Waals surface area contributed by atoms with E-state index in [9.17, 15) is 4.79 Å². The molecule has 0 radical (unpaired) electrons. The molecule has 0 aliphatic carbocycles. The summed E-state index contributed by atoms with van der Waals surface area (Å²) < 4.78 is 5.34. The Kier molecular flexibility index (Phi) is 5.12. The van der Waals surface area contributed by atoms with Gasteiger partial charge in [0.15, 0.2) is 5.69 Å². The summed E-state index contributed by atoms with van der Waals surface area (Å²) in [4.78, 5) is 21.1. The molecule has 0 atom stereocenters. The number of nitrogens with zero attached hydrogens (tertiary/aromatic N) is 2. The summed E-state index contributed by atoms with van der Waals surface area (Å²) >= 11 is 10.4. The van der Waals surface area contributed by atoms with Crippen LogP contribution in [0.25, 0.3) is 21.1 Å². The van der Waals surface area contributed by atoms with Crippen molar-refractivity contribution in [2.45, 2.75) is 6.61 Å². The minimum absolute atomic E-state index is 0.119. The number of halogens is 1. The second kappa shape index (κ2) is 7.67. The average Bonchev–Trinajstić information content (AvgIpc) is 3.41. The fourth-order valence-corrected chi connectivity index (χ4v) is 4.64. The second-order valence-corrected chi connectivity index (χ2v) is 8.21. The van der Waals surface area contributed by atoms with Gasteiger partial charge in [-0.05, 0) is 23.6 Å². The van der Waals surface area contributed by atoms with Gasteiger partial charge in [0.1, 0.15) is 16.6 Å². The molecule has 26 heavy (non-hydrogen) atoms. The summed E-state index contributed by atoms with van der Waals surface area (Å²) in [6.45, 7) is 0.119. The molecule has 4 rings (SSSR count). The topological polar surface area (TPSA) is 52.1 Å². The van der Waals surface area contributed by atoms with Crippen LogP contribution in [0.5, 0.6) is 0 Å². The Labute approximate surface area is 166 Å². The number of thiophene rings is 1. The molecule has 0 saturated carbocycles. The van der Waals surface area contributed by atoms with Gasteiger partial charge < -0.3 is 4.74 Å². The van der Waals surface area contributed by atoms with Gasteiger partial charge >= 0.3 is 5.97 Å². The molecule has 0 bridgehead atoms. The van der Waals surface area contributed by atoms with Crippen LogP contribution in [0.15, 0.2) is 51.9 Å². The van der Waals surface area contributed by atoms with Crippen molar-refractivity contribution in [3.63, 3.8) is 0 Å². The van der Waals surface area contributed by atoms with Crippen LogP contribution < -0.4 is 0 Å². The van der Waals surface area contributed by atoms with E-state index < -0.39 is 5.97 Å². The van der Waals surface area contributed by atoms with E-state index in [4.69, 9.17) is 16.3 Å². The van der Waals surface area contributed by atoms with E-state index in [1.807, 2.05) is 46.5 Å². The van der Waals surface area contributed by atoms with Crippen molar-refractivity contribution in [2.24, 2.45) is 0 Å². The van der Waals surface area contributed by atoms with Crippen molar-refractivity contribution in [3.05, 3.63) is 68.3 Å². The lowest BCUT2D eigenvalue weighted by atomic mass is 10.2. The molecular weight excluding hydrogens is 408 g/mol. The normalized spacial score (nSPS) is 10.8. The number of ether oxygens (including phenoxy) is 1. The molecule has 3 heterocycles. The lowest BCUT2D eigenvalue weighted by molar-refractivity contribution is 0.0462. The third-order valence-corrected chi connectivity index (χ3v) is 6.24. The van der Waals surface area contributed by atoms with E-state index in [-0.39, 0.29) is 6.61 Å². The van der Waals surface area contributed by atoms with Crippen molar-refractivity contribution in [2.75, 3.05) is 0 Å². The number of rotatable bonds is 5. The summed E-state index contributed by atoms with van der Waals surface area (Å²) in [6, 6.07) is 9.46. The molecule has 0 aliphatic heterocycles. The van der Waals surface area contributed by atoms with Gasteiger partial charge in [0.05, 0.1) is 5.69 Å². The van der Waals surface area contributed by atoms with Crippen LogP contribution in [0.2, 0.25) is 5.02 Å². The zero-order chi connectivity index (χ0) is 17.9. The predicted molar refractivity (Wildman–Crippen MR) is 107 cm³/mol. The quantitative estimate of drug-likeness (QED) is 0.372. The SMILES string of the molecule is O=C(OCc1csc(-c2ccc(Cl)cc2)n1)c1csc(-c2ccsc2)n1. The van der Waals surface area contributed by atoms with Crippen LogP contribution in [0.3, 0.4) is 0 Å². The molecule has 130 valence electrons. The van der Waals surface area contributed by atoms with Crippen LogP contribution >= 0.6 is 45.6 Å². The predicted octanol–water partition coefficient (Wildman–Crippen LogP) is 6.01. The maximum absolute atomic E-state index is 12.2. The minimum Gasteiger partial charge on any atom is -0.454 e. The molecule has 0 fully saturated rings. The van der Waals surface area contributed by atoms with Crippen molar-refractivity contribution < 1.29 is 9.53 Å². The van der Waals surface area contributed by atoms with Gasteiger partial charge in [-0.15, -0.1) is 22.7 Å². The zero-order valence-corrected chi connectivity index (χ0v) is 16.4. The third kappa shape index (κ3) is 3.86. The van der Waals surface area contributed by atoms with Crippen molar-refractivity contribution in [3.8, 4) is 21.1 Å². The highest BCUT2D eigenvalue weighted by molar-refractivity contribution is 7.14. The summed E-state index contributed by atoms with van der Waals surface area (Å²) in [5, 5.41) is 9.95. The van der Waals surface area contributed by atoms with Gasteiger partial charge in [-0.2, -0.15) is 11.3 Å². The van der Waals surface area contributed by atoms with Crippen LogP contribution in [0, 0.1) is 0 Å². The number of benzene rings is 1. The van der Waals surface area contributed by atoms with Crippen molar-refractivity contribution in [1.29, 1.82) is 0 Å². The third-order valence-electron chi connectivity index (χ3n) is 3.48. The first-order valence-corrected chi connectivity index (χ1v) is 10.6. The van der Waals surface area contributed by atoms with E-state index in [0.717, 1.165) is 21.1 Å². The number of hydrogen-bond acceptors (Lipinski definition) is 7. The van der Waals surface area contributed by atoms with E-state index in [2.05, 4.69) is 9.97 Å². The van der Waals surface area contributed by atoms with E-state index in [0.29, 0.717) is 16.4 Å². The number of esters is 1. The molecule has 0 spiro atoms. The molecule has 0 aliphatic rings. The lowest BCUT2D eigenvalue weighted by Gasteiger charge is -2.00. The summed E-state index contributed by atoms with van der Waals surface area (Å²) in [7, 11) is 0. The van der Waals surface area contributed by atoms with Gasteiger partial charge in [-0.3, -0.25) is 0 Å². The highest BCUT2D eigenvalue weighted by Crippen LogP contribution is 2.27. The largest absolute Gasteiger partial charge is 0.454 e. The standard InChI is InChI=1S/C18H11ClN2O2S3/c19-13-3-1-11(2-4-13)16-20-14(9-25-16)7-23-18(22)15-10-26-17(21-15)12-5-6-24-8-12/h1-6,8-10H,7H2. The maximum Gasteiger partial charge on any atom is 0.358 e. The van der Waals surface area contributed by atoms with E-state index in [1.54, 1.807) is 16.7 Å². The molecule has 4 aromatic rings. The van der Waals surface area contributed by atoms with Gasteiger partial charge in [-0.25, -0.2) is 14.8 Å². The Morgan fingerprint density at radius 3 is 2.50 bits per heavy atom. The first-order valence-electron chi connectivity index (χ1n) is 7.54. The van der Waals surface area contributed by atoms with Crippen molar-refractivity contribution >= 4 is 51.6 Å². The molecule has 0 saturated heterocycles. The molecule has 0 unspecified atom stereocenters. The summed E-state index contributed by atoms with van der Waals surface area (Å²) in [6.07, 6.45) is 0. The molecular formula is C18H11ClN2O2S3. The molecule has 0 amide bonds. The Hall–Kier alpha value is -2.06. The lowest BCUT2D eigenvalue weighted by Crippen LogP contribution is -2.05. The van der Waals surface area contributed by atoms with Crippen LogP contribution in [-0.2, 0) is 11.3 Å². The van der Waals surface area contributed by atoms with Gasteiger partial charge in [-0.1, -0.05) is 23.7 Å². The molecule has 8 heteroatoms. The van der Waals surface area contributed by atoms with E-state index >= 15 is 0 Å². The Bertz CT molecular complexity index is 1020. The van der Waals surface area contributed by atoms with Crippen LogP contribution in [0.4, 0.5) is 0 Å². The monoisotopic (exact) mass is 418 g/mol. The van der Waals surface area contributed by atoms with Gasteiger partial charge in [0, 0.05) is 32.3 Å². The minimum atomic E-state index is -0.441. The number of hydrogen-bond donors (Lipinski definition) is 0. The zero-order valence-electron chi connectivity index (χ0n) is 13.2. The maximum atomic E-state index is 12.2. The first kappa shape index (κ1) is 17.4. The van der Waals surface area contributed by atoms with Crippen LogP contribution in [0.1, 0.15) is 16.2 Å². The molecule has 0 N–H and O–H groups in total. The number of carbonyl (C=O) groups is 1. The highest BCUT2D eigenvalue weighted by Gasteiger charge is 2.14. The Morgan fingerprint density at radius 1 is 0.962 bits per heavy atom. The summed E-state index contributed by atoms with van der Waals surface area (Å²) in [5.74, 6) is -0.441. The fraction of sp³-hybridized carbons (Fsp3) is 0.0556. The Balaban J connectivity index is 1.40. The van der Waals surface area contributed by atoms with E-state index in [1.165, 1.54) is 22.7 Å². The Morgan fingerprint density at radius 2 is 1.73 bits per heavy atom. The molecule has 1 aromatic carbocycles. The number of carbonyl (C=O) groups excluding carboxylic acids is 1. The smallest absolute Gasteiger partial charge is 0.358 e. The van der Waals surface area contributed by atoms with Crippen LogP contribution in [-0.4, -0.2) is 15.9 Å². The number of thiazole rings is 2. The molecule has 4 nitrogen and oxygen atoms in total. The van der Waals surface area contributed by atoms with Gasteiger partial charge in [0.2, 0.25) is 0 Å². The first-order chi connectivity index (χ1) is 12.7. The van der Waals surface area contributed by atoms with Gasteiger partial charge in [0.25, 0.3) is 0 Å². The second-order valence-electron chi connectivity index (χ2n) is 5.28. The van der Waals surface area contributed by atoms with Crippen molar-refractivity contribution in [1.82, 2.24) is 9.97 Å². The number of aromatic nitrogens is 2. The highest BCUT2D eigenvalue weighted by atomic mass is 35.5.